The van der Waals surface area contributed by atoms with Gasteiger partial charge in [0.25, 0.3) is 11.8 Å². The molecule has 0 aliphatic carbocycles. The van der Waals surface area contributed by atoms with Crippen LogP contribution in [0, 0.1) is 0 Å². The van der Waals surface area contributed by atoms with Crippen molar-refractivity contribution < 1.29 is 9.59 Å². The SMILES string of the molecule is O=C(NC1CCN(C(=O)c2ccncc2)CC1)c1cnn2c(-c3ccccc3)ccnc12. The molecule has 0 saturated carbocycles. The van der Waals surface area contributed by atoms with Crippen LogP contribution in [-0.2, 0) is 0 Å². The molecule has 1 saturated heterocycles. The third-order valence-electron chi connectivity index (χ3n) is 5.76. The van der Waals surface area contributed by atoms with E-state index in [1.165, 1.54) is 0 Å². The van der Waals surface area contributed by atoms with Crippen LogP contribution in [0.25, 0.3) is 16.9 Å². The minimum absolute atomic E-state index is 0.00236. The molecule has 0 unspecified atom stereocenters. The predicted octanol–water partition coefficient (Wildman–Crippen LogP) is 2.83. The number of likely N-dealkylation sites (tertiary alicyclic amines) is 1. The van der Waals surface area contributed by atoms with Crippen LogP contribution in [0.1, 0.15) is 33.6 Å². The number of hydrogen-bond donors (Lipinski definition) is 1. The summed E-state index contributed by atoms with van der Waals surface area (Å²) in [6.07, 6.45) is 7.89. The van der Waals surface area contributed by atoms with E-state index in [1.807, 2.05) is 41.3 Å². The van der Waals surface area contributed by atoms with Crippen molar-refractivity contribution in [3.63, 3.8) is 0 Å². The highest BCUT2D eigenvalue weighted by atomic mass is 16.2. The van der Waals surface area contributed by atoms with Gasteiger partial charge >= 0.3 is 0 Å². The number of amides is 2. The third kappa shape index (κ3) is 3.82. The second-order valence-electron chi connectivity index (χ2n) is 7.77. The summed E-state index contributed by atoms with van der Waals surface area (Å²) in [5, 5.41) is 7.50. The second kappa shape index (κ2) is 8.58. The number of piperidine rings is 1. The molecule has 3 aromatic heterocycles. The van der Waals surface area contributed by atoms with Crippen molar-refractivity contribution in [1.82, 2.24) is 29.8 Å². The smallest absolute Gasteiger partial charge is 0.256 e. The number of nitrogens with one attached hydrogen (secondary N) is 1. The molecule has 2 amide bonds. The summed E-state index contributed by atoms with van der Waals surface area (Å²) >= 11 is 0. The van der Waals surface area contributed by atoms with E-state index in [-0.39, 0.29) is 17.9 Å². The zero-order valence-electron chi connectivity index (χ0n) is 17.4. The number of benzene rings is 1. The number of carbonyl (C=O) groups is 2. The minimum atomic E-state index is -0.198. The molecule has 1 aromatic carbocycles. The van der Waals surface area contributed by atoms with Crippen LogP contribution in [0.15, 0.2) is 73.3 Å². The predicted molar refractivity (Wildman–Crippen MR) is 119 cm³/mol. The molecule has 32 heavy (non-hydrogen) atoms. The lowest BCUT2D eigenvalue weighted by Crippen LogP contribution is -2.46. The van der Waals surface area contributed by atoms with E-state index in [4.69, 9.17) is 0 Å². The van der Waals surface area contributed by atoms with Crippen LogP contribution in [0.3, 0.4) is 0 Å². The van der Waals surface area contributed by atoms with Crippen LogP contribution < -0.4 is 5.32 Å². The van der Waals surface area contributed by atoms with Gasteiger partial charge in [0.2, 0.25) is 0 Å². The van der Waals surface area contributed by atoms with E-state index in [0.717, 1.165) is 11.3 Å². The topological polar surface area (TPSA) is 92.5 Å². The van der Waals surface area contributed by atoms with Crippen molar-refractivity contribution in [3.8, 4) is 11.3 Å². The Bertz CT molecular complexity index is 1250. The summed E-state index contributed by atoms with van der Waals surface area (Å²) in [6.45, 7) is 1.19. The van der Waals surface area contributed by atoms with Crippen LogP contribution in [0.5, 0.6) is 0 Å². The van der Waals surface area contributed by atoms with Gasteiger partial charge in [0.15, 0.2) is 5.65 Å². The number of fused-ring (bicyclic) bond motifs is 1. The molecule has 8 nitrogen and oxygen atoms in total. The molecule has 0 bridgehead atoms. The molecule has 8 heteroatoms. The van der Waals surface area contributed by atoms with Gasteiger partial charge in [-0.2, -0.15) is 5.10 Å². The maximum Gasteiger partial charge on any atom is 0.256 e. The molecule has 160 valence electrons. The molecule has 1 aliphatic heterocycles. The Morgan fingerprint density at radius 3 is 2.44 bits per heavy atom. The number of pyridine rings is 1. The number of hydrogen-bond acceptors (Lipinski definition) is 5. The third-order valence-corrected chi connectivity index (χ3v) is 5.76. The average Bonchev–Trinajstić information content (AvgIpc) is 3.30. The van der Waals surface area contributed by atoms with Gasteiger partial charge in [-0.05, 0) is 31.0 Å². The van der Waals surface area contributed by atoms with Gasteiger partial charge in [0, 0.05) is 48.8 Å². The van der Waals surface area contributed by atoms with Crippen LogP contribution in [0.2, 0.25) is 0 Å². The molecule has 1 N–H and O–H groups in total. The summed E-state index contributed by atoms with van der Waals surface area (Å²) in [5.74, 6) is -0.200. The van der Waals surface area contributed by atoms with Gasteiger partial charge in [-0.25, -0.2) is 9.50 Å². The van der Waals surface area contributed by atoms with Crippen molar-refractivity contribution in [2.24, 2.45) is 0 Å². The zero-order chi connectivity index (χ0) is 21.9. The zero-order valence-corrected chi connectivity index (χ0v) is 17.4. The quantitative estimate of drug-likeness (QED) is 0.542. The monoisotopic (exact) mass is 426 g/mol. The fourth-order valence-corrected chi connectivity index (χ4v) is 4.05. The Kier molecular flexibility index (Phi) is 5.33. The summed E-state index contributed by atoms with van der Waals surface area (Å²) in [7, 11) is 0. The fraction of sp³-hybridized carbons (Fsp3) is 0.208. The van der Waals surface area contributed by atoms with Crippen molar-refractivity contribution >= 4 is 17.5 Å². The van der Waals surface area contributed by atoms with Crippen molar-refractivity contribution in [3.05, 3.63) is 84.4 Å². The molecule has 0 radical (unpaired) electrons. The Labute approximate surface area is 184 Å². The molecule has 0 atom stereocenters. The molecule has 4 heterocycles. The highest BCUT2D eigenvalue weighted by molar-refractivity contribution is 6.00. The summed E-state index contributed by atoms with van der Waals surface area (Å²) < 4.78 is 1.69. The lowest BCUT2D eigenvalue weighted by atomic mass is 10.0. The van der Waals surface area contributed by atoms with Gasteiger partial charge in [0.05, 0.1) is 11.9 Å². The van der Waals surface area contributed by atoms with E-state index in [0.29, 0.717) is 42.7 Å². The molecular formula is C24H22N6O2. The standard InChI is InChI=1S/C24H22N6O2/c31-23(28-19-9-14-29(15-10-19)24(32)18-6-11-25-12-7-18)20-16-27-30-21(8-13-26-22(20)30)17-4-2-1-3-5-17/h1-8,11-13,16,19H,9-10,14-15H2,(H,28,31). The molecular weight excluding hydrogens is 404 g/mol. The lowest BCUT2D eigenvalue weighted by Gasteiger charge is -2.32. The Balaban J connectivity index is 1.27. The van der Waals surface area contributed by atoms with E-state index in [9.17, 15) is 9.59 Å². The molecule has 1 aliphatic rings. The lowest BCUT2D eigenvalue weighted by molar-refractivity contribution is 0.0698. The highest BCUT2D eigenvalue weighted by Crippen LogP contribution is 2.21. The van der Waals surface area contributed by atoms with Gasteiger partial charge < -0.3 is 10.2 Å². The normalized spacial score (nSPS) is 14.4. The van der Waals surface area contributed by atoms with E-state index in [2.05, 4.69) is 20.4 Å². The first-order valence-corrected chi connectivity index (χ1v) is 10.6. The first-order chi connectivity index (χ1) is 15.7. The number of aromatic nitrogens is 4. The number of carbonyl (C=O) groups excluding carboxylic acids is 2. The first kappa shape index (κ1) is 19.9. The summed E-state index contributed by atoms with van der Waals surface area (Å²) in [4.78, 5) is 35.8. The Hall–Kier alpha value is -4.07. The maximum atomic E-state index is 13.0. The Morgan fingerprint density at radius 2 is 1.69 bits per heavy atom. The van der Waals surface area contributed by atoms with Gasteiger partial charge in [-0.3, -0.25) is 14.6 Å². The van der Waals surface area contributed by atoms with Gasteiger partial charge in [-0.1, -0.05) is 30.3 Å². The maximum absolute atomic E-state index is 13.0. The van der Waals surface area contributed by atoms with Gasteiger partial charge in [-0.15, -0.1) is 0 Å². The Morgan fingerprint density at radius 1 is 0.938 bits per heavy atom. The highest BCUT2D eigenvalue weighted by Gasteiger charge is 2.26. The molecule has 4 aromatic rings. The van der Waals surface area contributed by atoms with Crippen molar-refractivity contribution in [1.29, 1.82) is 0 Å². The van der Waals surface area contributed by atoms with Crippen LogP contribution >= 0.6 is 0 Å². The van der Waals surface area contributed by atoms with E-state index < -0.39 is 0 Å². The minimum Gasteiger partial charge on any atom is -0.349 e. The summed E-state index contributed by atoms with van der Waals surface area (Å²) in [6, 6.07) is 15.2. The van der Waals surface area contributed by atoms with Crippen LogP contribution in [0.4, 0.5) is 0 Å². The van der Waals surface area contributed by atoms with Crippen molar-refractivity contribution in [2.45, 2.75) is 18.9 Å². The van der Waals surface area contributed by atoms with E-state index >= 15 is 0 Å². The molecule has 1 fully saturated rings. The summed E-state index contributed by atoms with van der Waals surface area (Å²) in [5.41, 5.74) is 3.47. The average molecular weight is 426 g/mol. The number of rotatable bonds is 4. The van der Waals surface area contributed by atoms with Crippen LogP contribution in [-0.4, -0.2) is 55.4 Å². The number of nitrogens with zero attached hydrogens (tertiary/aromatic N) is 5. The molecule has 0 spiro atoms. The first-order valence-electron chi connectivity index (χ1n) is 10.6. The second-order valence-corrected chi connectivity index (χ2v) is 7.77. The van der Waals surface area contributed by atoms with Crippen molar-refractivity contribution in [2.75, 3.05) is 13.1 Å². The largest absolute Gasteiger partial charge is 0.349 e. The fourth-order valence-electron chi connectivity index (χ4n) is 4.05. The van der Waals surface area contributed by atoms with E-state index in [1.54, 1.807) is 41.4 Å². The molecule has 5 rings (SSSR count). The van der Waals surface area contributed by atoms with Gasteiger partial charge in [0.1, 0.15) is 5.56 Å².